The summed E-state index contributed by atoms with van der Waals surface area (Å²) in [6.45, 7) is 2.12. The van der Waals surface area contributed by atoms with Crippen LogP contribution in [-0.2, 0) is 19.5 Å². The van der Waals surface area contributed by atoms with Crippen LogP contribution >= 0.6 is 24.0 Å². The Kier molecular flexibility index (Phi) is 8.93. The van der Waals surface area contributed by atoms with Gasteiger partial charge in [-0.05, 0) is 23.3 Å². The van der Waals surface area contributed by atoms with E-state index in [1.165, 1.54) is 17.7 Å². The highest BCUT2D eigenvalue weighted by Gasteiger charge is 2.05. The van der Waals surface area contributed by atoms with Gasteiger partial charge in [-0.3, -0.25) is 4.99 Å². The third-order valence-electron chi connectivity index (χ3n) is 4.24. The van der Waals surface area contributed by atoms with Crippen molar-refractivity contribution in [2.24, 2.45) is 4.99 Å². The molecule has 2 N–H and O–H groups in total. The molecule has 3 rings (SSSR count). The average Bonchev–Trinajstić information content (AvgIpc) is 3.13. The van der Waals surface area contributed by atoms with Crippen molar-refractivity contribution in [1.82, 2.24) is 20.2 Å². The number of imidazole rings is 1. The minimum Gasteiger partial charge on any atom is -0.356 e. The molecular formula is C21H25FIN5. The summed E-state index contributed by atoms with van der Waals surface area (Å²) in [6.07, 6.45) is 4.63. The largest absolute Gasteiger partial charge is 0.356 e. The number of aliphatic imine (C=N–C) groups is 1. The van der Waals surface area contributed by atoms with Gasteiger partial charge in [0.1, 0.15) is 11.6 Å². The second kappa shape index (κ2) is 11.4. The van der Waals surface area contributed by atoms with Gasteiger partial charge in [0, 0.05) is 45.5 Å². The van der Waals surface area contributed by atoms with Crippen LogP contribution in [0.15, 0.2) is 72.0 Å². The first kappa shape index (κ1) is 21.9. The number of halogens is 2. The van der Waals surface area contributed by atoms with Crippen LogP contribution in [0, 0.1) is 5.82 Å². The zero-order valence-corrected chi connectivity index (χ0v) is 18.1. The van der Waals surface area contributed by atoms with Crippen LogP contribution < -0.4 is 10.6 Å². The van der Waals surface area contributed by atoms with Crippen molar-refractivity contribution in [2.75, 3.05) is 13.6 Å². The minimum absolute atomic E-state index is 0. The molecule has 7 heteroatoms. The van der Waals surface area contributed by atoms with E-state index in [0.717, 1.165) is 30.9 Å². The van der Waals surface area contributed by atoms with E-state index in [9.17, 15) is 4.39 Å². The van der Waals surface area contributed by atoms with Crippen molar-refractivity contribution in [3.63, 3.8) is 0 Å². The first-order valence-electron chi connectivity index (χ1n) is 8.97. The fourth-order valence-corrected chi connectivity index (χ4v) is 2.79. The van der Waals surface area contributed by atoms with Crippen molar-refractivity contribution in [3.8, 4) is 0 Å². The lowest BCUT2D eigenvalue weighted by atomic mass is 10.2. The summed E-state index contributed by atoms with van der Waals surface area (Å²) < 4.78 is 15.1. The summed E-state index contributed by atoms with van der Waals surface area (Å²) >= 11 is 0. The van der Waals surface area contributed by atoms with Crippen molar-refractivity contribution in [3.05, 3.63) is 89.8 Å². The maximum atomic E-state index is 13.0. The number of nitrogens with one attached hydrogen (secondary N) is 2. The van der Waals surface area contributed by atoms with Gasteiger partial charge in [0.25, 0.3) is 0 Å². The van der Waals surface area contributed by atoms with Gasteiger partial charge in [0.05, 0.1) is 0 Å². The predicted octanol–water partition coefficient (Wildman–Crippen LogP) is 3.60. The number of hydrogen-bond acceptors (Lipinski definition) is 2. The Hall–Kier alpha value is -2.42. The summed E-state index contributed by atoms with van der Waals surface area (Å²) in [5.74, 6) is 1.51. The average molecular weight is 493 g/mol. The number of guanidine groups is 1. The molecule has 0 aliphatic heterocycles. The van der Waals surface area contributed by atoms with E-state index < -0.39 is 0 Å². The predicted molar refractivity (Wildman–Crippen MR) is 121 cm³/mol. The summed E-state index contributed by atoms with van der Waals surface area (Å²) in [7, 11) is 1.73. The highest BCUT2D eigenvalue weighted by Crippen LogP contribution is 2.06. The molecule has 0 radical (unpaired) electrons. The fourth-order valence-electron chi connectivity index (χ4n) is 2.79. The first-order valence-corrected chi connectivity index (χ1v) is 8.97. The van der Waals surface area contributed by atoms with Gasteiger partial charge in [-0.1, -0.05) is 42.5 Å². The molecule has 0 aliphatic rings. The van der Waals surface area contributed by atoms with E-state index in [2.05, 4.69) is 37.3 Å². The summed E-state index contributed by atoms with van der Waals surface area (Å²) in [5.41, 5.74) is 2.25. The molecule has 1 aromatic heterocycles. The number of benzene rings is 2. The summed E-state index contributed by atoms with van der Waals surface area (Å²) in [6, 6.07) is 16.8. The third kappa shape index (κ3) is 6.63. The second-order valence-corrected chi connectivity index (χ2v) is 6.19. The van der Waals surface area contributed by atoms with Gasteiger partial charge in [-0.25, -0.2) is 9.37 Å². The Morgan fingerprint density at radius 2 is 1.79 bits per heavy atom. The molecular weight excluding hydrogens is 468 g/mol. The van der Waals surface area contributed by atoms with Gasteiger partial charge >= 0.3 is 0 Å². The van der Waals surface area contributed by atoms with E-state index in [1.54, 1.807) is 19.2 Å². The molecule has 0 saturated carbocycles. The lowest BCUT2D eigenvalue weighted by Crippen LogP contribution is -2.38. The Labute approximate surface area is 182 Å². The Balaban J connectivity index is 0.00000280. The molecule has 0 fully saturated rings. The molecule has 0 aliphatic carbocycles. The van der Waals surface area contributed by atoms with Gasteiger partial charge in [-0.15, -0.1) is 24.0 Å². The fraction of sp³-hybridized carbons (Fsp3) is 0.238. The molecule has 1 heterocycles. The Bertz CT molecular complexity index is 862. The van der Waals surface area contributed by atoms with Crippen LogP contribution in [0.1, 0.15) is 17.0 Å². The monoisotopic (exact) mass is 493 g/mol. The van der Waals surface area contributed by atoms with Gasteiger partial charge in [-0.2, -0.15) is 0 Å². The van der Waals surface area contributed by atoms with E-state index >= 15 is 0 Å². The Morgan fingerprint density at radius 3 is 2.50 bits per heavy atom. The van der Waals surface area contributed by atoms with Crippen LogP contribution in [0.5, 0.6) is 0 Å². The maximum Gasteiger partial charge on any atom is 0.191 e. The molecule has 0 unspecified atom stereocenters. The number of rotatable bonds is 7. The minimum atomic E-state index is -0.229. The molecule has 0 bridgehead atoms. The molecule has 0 spiro atoms. The standard InChI is InChI=1S/C21H24FN5.HI/c1-23-21(26-15-17-7-9-19(22)10-8-17)25-12-11-20-24-13-14-27(20)16-18-5-3-2-4-6-18;/h2-10,13-14H,11-12,15-16H2,1H3,(H2,23,25,26);1H. The lowest BCUT2D eigenvalue weighted by molar-refractivity contribution is 0.626. The molecule has 2 aromatic carbocycles. The van der Waals surface area contributed by atoms with Crippen molar-refractivity contribution < 1.29 is 4.39 Å². The summed E-state index contributed by atoms with van der Waals surface area (Å²) in [5, 5.41) is 6.52. The number of aromatic nitrogens is 2. The first-order chi connectivity index (χ1) is 13.2. The van der Waals surface area contributed by atoms with Crippen LogP contribution in [-0.4, -0.2) is 29.1 Å². The van der Waals surface area contributed by atoms with E-state index in [4.69, 9.17) is 0 Å². The van der Waals surface area contributed by atoms with Crippen LogP contribution in [0.25, 0.3) is 0 Å². The van der Waals surface area contributed by atoms with Crippen LogP contribution in [0.2, 0.25) is 0 Å². The molecule has 0 saturated heterocycles. The van der Waals surface area contributed by atoms with Crippen LogP contribution in [0.4, 0.5) is 4.39 Å². The zero-order valence-electron chi connectivity index (χ0n) is 15.8. The van der Waals surface area contributed by atoms with Gasteiger partial charge in [0.15, 0.2) is 5.96 Å². The maximum absolute atomic E-state index is 13.0. The summed E-state index contributed by atoms with van der Waals surface area (Å²) in [4.78, 5) is 8.69. The molecule has 0 amide bonds. The van der Waals surface area contributed by atoms with Crippen molar-refractivity contribution in [1.29, 1.82) is 0 Å². The number of nitrogens with zero attached hydrogens (tertiary/aromatic N) is 3. The molecule has 28 heavy (non-hydrogen) atoms. The molecule has 3 aromatic rings. The highest BCUT2D eigenvalue weighted by atomic mass is 127. The van der Waals surface area contributed by atoms with E-state index in [0.29, 0.717) is 12.5 Å². The molecule has 0 atom stereocenters. The SMILES string of the molecule is CN=C(NCCc1nccn1Cc1ccccc1)NCc1ccc(F)cc1.I. The molecule has 5 nitrogen and oxygen atoms in total. The topological polar surface area (TPSA) is 54.2 Å². The zero-order chi connectivity index (χ0) is 18.9. The van der Waals surface area contributed by atoms with Crippen LogP contribution in [0.3, 0.4) is 0 Å². The third-order valence-corrected chi connectivity index (χ3v) is 4.24. The van der Waals surface area contributed by atoms with Crippen molar-refractivity contribution >= 4 is 29.9 Å². The lowest BCUT2D eigenvalue weighted by Gasteiger charge is -2.13. The quantitative estimate of drug-likeness (QED) is 0.301. The van der Waals surface area contributed by atoms with Gasteiger partial charge < -0.3 is 15.2 Å². The number of hydrogen-bond donors (Lipinski definition) is 2. The highest BCUT2D eigenvalue weighted by molar-refractivity contribution is 14.0. The van der Waals surface area contributed by atoms with E-state index in [-0.39, 0.29) is 29.8 Å². The smallest absolute Gasteiger partial charge is 0.191 e. The Morgan fingerprint density at radius 1 is 1.04 bits per heavy atom. The second-order valence-electron chi connectivity index (χ2n) is 6.19. The van der Waals surface area contributed by atoms with E-state index in [1.807, 2.05) is 30.6 Å². The van der Waals surface area contributed by atoms with Gasteiger partial charge in [0.2, 0.25) is 0 Å². The molecule has 148 valence electrons. The van der Waals surface area contributed by atoms with Crippen molar-refractivity contribution in [2.45, 2.75) is 19.5 Å². The normalized spacial score (nSPS) is 11.0.